The van der Waals surface area contributed by atoms with Crippen molar-refractivity contribution in [3.63, 3.8) is 0 Å². The molecule has 1 heterocycles. The van der Waals surface area contributed by atoms with Crippen molar-refractivity contribution in [1.29, 1.82) is 0 Å². The lowest BCUT2D eigenvalue weighted by molar-refractivity contribution is 0.244. The first-order valence-corrected chi connectivity index (χ1v) is 7.71. The van der Waals surface area contributed by atoms with Crippen LogP contribution in [0, 0.1) is 0 Å². The molecule has 0 radical (unpaired) electrons. The highest BCUT2D eigenvalue weighted by molar-refractivity contribution is 5.89. The van der Waals surface area contributed by atoms with Crippen molar-refractivity contribution in [3.8, 4) is 5.75 Å². The Morgan fingerprint density at radius 1 is 1.19 bits per heavy atom. The second-order valence-corrected chi connectivity index (χ2v) is 5.72. The van der Waals surface area contributed by atoms with E-state index in [1.807, 2.05) is 24.3 Å². The number of hydrogen-bond donors (Lipinski definition) is 2. The molecule has 2 N–H and O–H groups in total. The molecule has 114 valence electrons. The first-order chi connectivity index (χ1) is 10.3. The lowest BCUT2D eigenvalue weighted by Gasteiger charge is -2.22. The molecular formula is C16H22N2O3. The third-order valence-electron chi connectivity index (χ3n) is 3.89. The minimum Gasteiger partial charge on any atom is -0.491 e. The number of benzene rings is 1. The molecule has 2 aliphatic rings. The van der Waals surface area contributed by atoms with Crippen LogP contribution in [-0.4, -0.2) is 31.4 Å². The van der Waals surface area contributed by atoms with Gasteiger partial charge >= 0.3 is 6.03 Å². The van der Waals surface area contributed by atoms with Gasteiger partial charge in [0.2, 0.25) is 0 Å². The van der Waals surface area contributed by atoms with E-state index >= 15 is 0 Å². The molecule has 1 aromatic carbocycles. The van der Waals surface area contributed by atoms with E-state index in [9.17, 15) is 4.79 Å². The average molecular weight is 290 g/mol. The average Bonchev–Trinajstić information content (AvgIpc) is 3.32. The largest absolute Gasteiger partial charge is 0.491 e. The van der Waals surface area contributed by atoms with Crippen LogP contribution in [0.5, 0.6) is 5.75 Å². The highest BCUT2D eigenvalue weighted by Gasteiger charge is 2.23. The highest BCUT2D eigenvalue weighted by atomic mass is 16.6. The van der Waals surface area contributed by atoms with E-state index in [-0.39, 0.29) is 12.1 Å². The first-order valence-electron chi connectivity index (χ1n) is 7.71. The minimum atomic E-state index is -0.123. The summed E-state index contributed by atoms with van der Waals surface area (Å²) in [4.78, 5) is 11.9. The molecule has 1 saturated carbocycles. The SMILES string of the molecule is O=C(Nc1ccc(OCC2CO2)cc1)NC1CCCCC1. The summed E-state index contributed by atoms with van der Waals surface area (Å²) in [6.45, 7) is 1.38. The van der Waals surface area contributed by atoms with Crippen LogP contribution in [0.2, 0.25) is 0 Å². The zero-order valence-corrected chi connectivity index (χ0v) is 12.1. The van der Waals surface area contributed by atoms with Crippen molar-refractivity contribution in [3.05, 3.63) is 24.3 Å². The van der Waals surface area contributed by atoms with Crippen LogP contribution in [0.15, 0.2) is 24.3 Å². The van der Waals surface area contributed by atoms with Gasteiger partial charge in [-0.15, -0.1) is 0 Å². The van der Waals surface area contributed by atoms with Gasteiger partial charge in [-0.2, -0.15) is 0 Å². The van der Waals surface area contributed by atoms with Crippen LogP contribution in [0.25, 0.3) is 0 Å². The number of carbonyl (C=O) groups excluding carboxylic acids is 1. The Bertz CT molecular complexity index is 465. The van der Waals surface area contributed by atoms with Gasteiger partial charge in [0.05, 0.1) is 6.61 Å². The molecule has 5 heteroatoms. The second kappa shape index (κ2) is 6.80. The maximum Gasteiger partial charge on any atom is 0.319 e. The maximum absolute atomic E-state index is 11.9. The molecule has 5 nitrogen and oxygen atoms in total. The van der Waals surface area contributed by atoms with E-state index in [0.717, 1.165) is 30.9 Å². The summed E-state index contributed by atoms with van der Waals surface area (Å²) in [5, 5.41) is 5.90. The summed E-state index contributed by atoms with van der Waals surface area (Å²) >= 11 is 0. The molecule has 1 unspecified atom stereocenters. The molecule has 0 aromatic heterocycles. The molecular weight excluding hydrogens is 268 g/mol. The molecule has 0 bridgehead atoms. The molecule has 21 heavy (non-hydrogen) atoms. The van der Waals surface area contributed by atoms with Gasteiger partial charge in [-0.25, -0.2) is 4.79 Å². The van der Waals surface area contributed by atoms with Gasteiger partial charge in [-0.1, -0.05) is 19.3 Å². The van der Waals surface area contributed by atoms with E-state index in [2.05, 4.69) is 10.6 Å². The van der Waals surface area contributed by atoms with Crippen molar-refractivity contribution in [2.75, 3.05) is 18.5 Å². The van der Waals surface area contributed by atoms with Gasteiger partial charge in [0.25, 0.3) is 0 Å². The quantitative estimate of drug-likeness (QED) is 0.820. The Labute approximate surface area is 125 Å². The third kappa shape index (κ3) is 4.63. The number of nitrogens with one attached hydrogen (secondary N) is 2. The van der Waals surface area contributed by atoms with Crippen LogP contribution in [0.4, 0.5) is 10.5 Å². The van der Waals surface area contributed by atoms with Crippen LogP contribution >= 0.6 is 0 Å². The van der Waals surface area contributed by atoms with Crippen molar-refractivity contribution < 1.29 is 14.3 Å². The predicted molar refractivity (Wildman–Crippen MR) is 80.7 cm³/mol. The smallest absolute Gasteiger partial charge is 0.319 e. The number of anilines is 1. The molecule has 1 aliphatic carbocycles. The van der Waals surface area contributed by atoms with E-state index in [4.69, 9.17) is 9.47 Å². The Hall–Kier alpha value is -1.75. The summed E-state index contributed by atoms with van der Waals surface area (Å²) in [5.41, 5.74) is 0.776. The molecule has 0 spiro atoms. The van der Waals surface area contributed by atoms with Crippen molar-refractivity contribution in [2.24, 2.45) is 0 Å². The lowest BCUT2D eigenvalue weighted by Crippen LogP contribution is -2.38. The van der Waals surface area contributed by atoms with Crippen LogP contribution < -0.4 is 15.4 Å². The molecule has 2 amide bonds. The highest BCUT2D eigenvalue weighted by Crippen LogP contribution is 2.19. The monoisotopic (exact) mass is 290 g/mol. The van der Waals surface area contributed by atoms with E-state index < -0.39 is 0 Å². The summed E-state index contributed by atoms with van der Waals surface area (Å²) in [5.74, 6) is 0.795. The van der Waals surface area contributed by atoms with Gasteiger partial charge in [0, 0.05) is 11.7 Å². The number of amides is 2. The van der Waals surface area contributed by atoms with Crippen molar-refractivity contribution in [1.82, 2.24) is 5.32 Å². The second-order valence-electron chi connectivity index (χ2n) is 5.72. The summed E-state index contributed by atoms with van der Waals surface area (Å²) < 4.78 is 10.6. The zero-order valence-electron chi connectivity index (χ0n) is 12.1. The number of rotatable bonds is 5. The summed E-state index contributed by atoms with van der Waals surface area (Å²) in [7, 11) is 0. The lowest BCUT2D eigenvalue weighted by atomic mass is 9.96. The van der Waals surface area contributed by atoms with E-state index in [0.29, 0.717) is 12.6 Å². The van der Waals surface area contributed by atoms with Gasteiger partial charge in [-0.3, -0.25) is 0 Å². The zero-order chi connectivity index (χ0) is 14.5. The fraction of sp³-hybridized carbons (Fsp3) is 0.562. The normalized spacial score (nSPS) is 21.6. The minimum absolute atomic E-state index is 0.123. The number of ether oxygens (including phenoxy) is 2. The van der Waals surface area contributed by atoms with Gasteiger partial charge in [0.1, 0.15) is 18.5 Å². The molecule has 2 fully saturated rings. The molecule has 3 rings (SSSR count). The standard InChI is InChI=1S/C16H22N2O3/c19-16(17-12-4-2-1-3-5-12)18-13-6-8-14(9-7-13)20-10-15-11-21-15/h6-9,12,15H,1-5,10-11H2,(H2,17,18,19). The third-order valence-corrected chi connectivity index (χ3v) is 3.89. The summed E-state index contributed by atoms with van der Waals surface area (Å²) in [6, 6.07) is 7.62. The van der Waals surface area contributed by atoms with Crippen LogP contribution in [-0.2, 0) is 4.74 Å². The maximum atomic E-state index is 11.9. The number of urea groups is 1. The van der Waals surface area contributed by atoms with Crippen LogP contribution in [0.1, 0.15) is 32.1 Å². The molecule has 1 aromatic rings. The summed E-state index contributed by atoms with van der Waals surface area (Å²) in [6.07, 6.45) is 6.13. The Morgan fingerprint density at radius 2 is 1.90 bits per heavy atom. The molecule has 1 atom stereocenters. The van der Waals surface area contributed by atoms with Crippen molar-refractivity contribution in [2.45, 2.75) is 44.2 Å². The number of hydrogen-bond acceptors (Lipinski definition) is 3. The van der Waals surface area contributed by atoms with Crippen LogP contribution in [0.3, 0.4) is 0 Å². The fourth-order valence-electron chi connectivity index (χ4n) is 2.59. The first kappa shape index (κ1) is 14.2. The Balaban J connectivity index is 1.43. The van der Waals surface area contributed by atoms with Gasteiger partial charge in [-0.05, 0) is 37.1 Å². The Kier molecular flexibility index (Phi) is 4.60. The number of carbonyl (C=O) groups is 1. The Morgan fingerprint density at radius 3 is 2.57 bits per heavy atom. The van der Waals surface area contributed by atoms with E-state index in [1.54, 1.807) is 0 Å². The number of epoxide rings is 1. The predicted octanol–water partition coefficient (Wildman–Crippen LogP) is 2.92. The molecule has 1 saturated heterocycles. The van der Waals surface area contributed by atoms with Gasteiger partial charge in [0.15, 0.2) is 0 Å². The van der Waals surface area contributed by atoms with Gasteiger partial charge < -0.3 is 20.1 Å². The van der Waals surface area contributed by atoms with E-state index in [1.165, 1.54) is 19.3 Å². The van der Waals surface area contributed by atoms with Crippen molar-refractivity contribution >= 4 is 11.7 Å². The fourth-order valence-corrected chi connectivity index (χ4v) is 2.59. The molecule has 1 aliphatic heterocycles. The topological polar surface area (TPSA) is 62.9 Å².